The minimum Gasteiger partial charge on any atom is -0.342 e. The number of hydrogen-bond donors (Lipinski definition) is 0. The number of hydrogen-bond acceptors (Lipinski definition) is 5. The number of amides is 1. The summed E-state index contributed by atoms with van der Waals surface area (Å²) in [6, 6.07) is 8.43. The third-order valence-electron chi connectivity index (χ3n) is 4.46. The zero-order valence-electron chi connectivity index (χ0n) is 14.3. The highest BCUT2D eigenvalue weighted by Crippen LogP contribution is 2.38. The van der Waals surface area contributed by atoms with E-state index in [1.54, 1.807) is 29.8 Å². The number of thioether (sulfide) groups is 1. The van der Waals surface area contributed by atoms with Gasteiger partial charge in [0.2, 0.25) is 5.91 Å². The van der Waals surface area contributed by atoms with Crippen LogP contribution in [0.1, 0.15) is 19.8 Å². The number of rotatable bonds is 4. The van der Waals surface area contributed by atoms with Gasteiger partial charge in [0, 0.05) is 18.0 Å². The molecule has 26 heavy (non-hydrogen) atoms. The number of carbonyl (C=O) groups is 1. The maximum atomic E-state index is 13.2. The van der Waals surface area contributed by atoms with Crippen molar-refractivity contribution in [3.8, 4) is 10.4 Å². The van der Waals surface area contributed by atoms with Crippen LogP contribution < -0.4 is 0 Å². The third kappa shape index (κ3) is 3.46. The van der Waals surface area contributed by atoms with Gasteiger partial charge in [-0.2, -0.15) is 0 Å². The van der Waals surface area contributed by atoms with Crippen LogP contribution in [0.25, 0.3) is 20.7 Å². The molecule has 1 saturated heterocycles. The van der Waals surface area contributed by atoms with Crippen LogP contribution in [0.4, 0.5) is 4.39 Å². The molecule has 2 aromatic heterocycles. The Bertz CT molecular complexity index is 936. The highest BCUT2D eigenvalue weighted by molar-refractivity contribution is 8.00. The molecule has 1 fully saturated rings. The van der Waals surface area contributed by atoms with Gasteiger partial charge in [-0.3, -0.25) is 4.79 Å². The van der Waals surface area contributed by atoms with E-state index in [0.717, 1.165) is 51.6 Å². The summed E-state index contributed by atoms with van der Waals surface area (Å²) in [6.45, 7) is 3.65. The molecule has 0 saturated carbocycles. The Morgan fingerprint density at radius 3 is 2.69 bits per heavy atom. The van der Waals surface area contributed by atoms with Crippen LogP contribution in [-0.4, -0.2) is 39.1 Å². The van der Waals surface area contributed by atoms with Gasteiger partial charge in [-0.05, 0) is 43.5 Å². The Kier molecular flexibility index (Phi) is 4.91. The first-order valence-electron chi connectivity index (χ1n) is 8.58. The monoisotopic (exact) mass is 387 g/mol. The number of aromatic nitrogens is 2. The van der Waals surface area contributed by atoms with Gasteiger partial charge in [-0.1, -0.05) is 23.9 Å². The number of thiophene rings is 1. The van der Waals surface area contributed by atoms with Crippen molar-refractivity contribution >= 4 is 39.2 Å². The van der Waals surface area contributed by atoms with Gasteiger partial charge in [0.15, 0.2) is 0 Å². The molecule has 1 aliphatic heterocycles. The Morgan fingerprint density at radius 1 is 1.23 bits per heavy atom. The summed E-state index contributed by atoms with van der Waals surface area (Å²) in [5.74, 6) is -0.0743. The molecule has 1 amide bonds. The van der Waals surface area contributed by atoms with E-state index in [9.17, 15) is 9.18 Å². The molecule has 3 aromatic rings. The van der Waals surface area contributed by atoms with E-state index >= 15 is 0 Å². The van der Waals surface area contributed by atoms with E-state index in [0.29, 0.717) is 0 Å². The average molecular weight is 388 g/mol. The summed E-state index contributed by atoms with van der Waals surface area (Å²) < 4.78 is 14.1. The van der Waals surface area contributed by atoms with Crippen LogP contribution >= 0.6 is 23.1 Å². The van der Waals surface area contributed by atoms with E-state index in [4.69, 9.17) is 0 Å². The number of carbonyl (C=O) groups excluding carboxylic acids is 1. The summed E-state index contributed by atoms with van der Waals surface area (Å²) in [6.07, 6.45) is 3.72. The zero-order chi connectivity index (χ0) is 18.1. The van der Waals surface area contributed by atoms with Gasteiger partial charge < -0.3 is 4.90 Å². The topological polar surface area (TPSA) is 46.1 Å². The average Bonchev–Trinajstić information content (AvgIpc) is 3.32. The lowest BCUT2D eigenvalue weighted by atomic mass is 10.2. The predicted octanol–water partition coefficient (Wildman–Crippen LogP) is 4.60. The molecule has 1 aromatic carbocycles. The van der Waals surface area contributed by atoms with Crippen LogP contribution in [0.3, 0.4) is 0 Å². The van der Waals surface area contributed by atoms with Crippen molar-refractivity contribution in [1.29, 1.82) is 0 Å². The van der Waals surface area contributed by atoms with E-state index in [2.05, 4.69) is 9.97 Å². The first-order valence-corrected chi connectivity index (χ1v) is 10.3. The minimum absolute atomic E-state index is 0.176. The SMILES string of the molecule is C[C@@H](Sc1ncnc2cc(-c3ccc(F)cc3)sc12)C(=O)N1CCCC1. The first kappa shape index (κ1) is 17.4. The summed E-state index contributed by atoms with van der Waals surface area (Å²) in [4.78, 5) is 24.3. The van der Waals surface area contributed by atoms with E-state index < -0.39 is 0 Å². The molecular weight excluding hydrogens is 369 g/mol. The Balaban J connectivity index is 1.61. The minimum atomic E-state index is -0.250. The molecule has 0 spiro atoms. The highest BCUT2D eigenvalue weighted by Gasteiger charge is 2.25. The van der Waals surface area contributed by atoms with Crippen LogP contribution in [-0.2, 0) is 4.79 Å². The molecule has 0 aliphatic carbocycles. The molecule has 1 aliphatic rings. The van der Waals surface area contributed by atoms with Gasteiger partial charge in [-0.15, -0.1) is 11.3 Å². The van der Waals surface area contributed by atoms with Gasteiger partial charge >= 0.3 is 0 Å². The van der Waals surface area contributed by atoms with Crippen molar-refractivity contribution in [2.75, 3.05) is 13.1 Å². The molecule has 4 nitrogen and oxygen atoms in total. The molecule has 0 bridgehead atoms. The predicted molar refractivity (Wildman–Crippen MR) is 104 cm³/mol. The Hall–Kier alpha value is -1.99. The standard InChI is InChI=1S/C19H18FN3OS2/c1-12(19(24)23-8-2-3-9-23)25-18-17-15(21-11-22-18)10-16(26-17)13-4-6-14(20)7-5-13/h4-7,10-12H,2-3,8-9H2,1H3/t12-/m1/s1. The zero-order valence-corrected chi connectivity index (χ0v) is 15.9. The lowest BCUT2D eigenvalue weighted by Crippen LogP contribution is -2.34. The molecule has 0 unspecified atom stereocenters. The summed E-state index contributed by atoms with van der Waals surface area (Å²) in [5, 5.41) is 0.649. The van der Waals surface area contributed by atoms with Crippen LogP contribution in [0, 0.1) is 5.82 Å². The number of nitrogens with zero attached hydrogens (tertiary/aromatic N) is 3. The van der Waals surface area contributed by atoms with Crippen molar-refractivity contribution < 1.29 is 9.18 Å². The quantitative estimate of drug-likeness (QED) is 0.485. The maximum Gasteiger partial charge on any atom is 0.235 e. The second-order valence-electron chi connectivity index (χ2n) is 6.30. The largest absolute Gasteiger partial charge is 0.342 e. The van der Waals surface area contributed by atoms with Crippen molar-refractivity contribution in [3.05, 3.63) is 42.5 Å². The molecular formula is C19H18FN3OS2. The highest BCUT2D eigenvalue weighted by atomic mass is 32.2. The van der Waals surface area contributed by atoms with Gasteiger partial charge in [0.25, 0.3) is 0 Å². The molecule has 0 N–H and O–H groups in total. The van der Waals surface area contributed by atoms with E-state index in [-0.39, 0.29) is 17.0 Å². The Labute approximate surface area is 159 Å². The maximum absolute atomic E-state index is 13.2. The first-order chi connectivity index (χ1) is 12.6. The molecule has 3 heterocycles. The fourth-order valence-electron chi connectivity index (χ4n) is 3.09. The van der Waals surface area contributed by atoms with Crippen molar-refractivity contribution in [2.24, 2.45) is 0 Å². The molecule has 134 valence electrons. The lowest BCUT2D eigenvalue weighted by Gasteiger charge is -2.19. The molecule has 1 atom stereocenters. The fraction of sp³-hybridized carbons (Fsp3) is 0.316. The lowest BCUT2D eigenvalue weighted by molar-refractivity contribution is -0.129. The smallest absolute Gasteiger partial charge is 0.235 e. The molecule has 4 rings (SSSR count). The summed E-state index contributed by atoms with van der Waals surface area (Å²) in [5.41, 5.74) is 1.80. The fourth-order valence-corrected chi connectivity index (χ4v) is 5.26. The second-order valence-corrected chi connectivity index (χ2v) is 8.68. The Morgan fingerprint density at radius 2 is 1.96 bits per heavy atom. The number of benzene rings is 1. The van der Waals surface area contributed by atoms with Gasteiger partial charge in [0.05, 0.1) is 15.5 Å². The molecule has 7 heteroatoms. The number of fused-ring (bicyclic) bond motifs is 1. The van der Waals surface area contributed by atoms with Crippen molar-refractivity contribution in [3.63, 3.8) is 0 Å². The van der Waals surface area contributed by atoms with E-state index in [1.165, 1.54) is 23.9 Å². The number of likely N-dealkylation sites (tertiary alicyclic amines) is 1. The van der Waals surface area contributed by atoms with Gasteiger partial charge in [0.1, 0.15) is 17.2 Å². The van der Waals surface area contributed by atoms with Crippen LogP contribution in [0.2, 0.25) is 0 Å². The third-order valence-corrected chi connectivity index (χ3v) is 6.86. The van der Waals surface area contributed by atoms with Crippen molar-refractivity contribution in [2.45, 2.75) is 30.0 Å². The van der Waals surface area contributed by atoms with E-state index in [1.807, 2.05) is 17.9 Å². The summed E-state index contributed by atoms with van der Waals surface area (Å²) in [7, 11) is 0. The van der Waals surface area contributed by atoms with Crippen LogP contribution in [0.15, 0.2) is 41.7 Å². The summed E-state index contributed by atoms with van der Waals surface area (Å²) >= 11 is 3.06. The number of halogens is 1. The second kappa shape index (κ2) is 7.32. The van der Waals surface area contributed by atoms with Crippen molar-refractivity contribution in [1.82, 2.24) is 14.9 Å². The molecule has 0 radical (unpaired) electrons. The van der Waals surface area contributed by atoms with Crippen LogP contribution in [0.5, 0.6) is 0 Å². The normalized spacial score (nSPS) is 15.5. The van der Waals surface area contributed by atoms with Gasteiger partial charge in [-0.25, -0.2) is 14.4 Å².